The summed E-state index contributed by atoms with van der Waals surface area (Å²) < 4.78 is 0. The molecular weight excluding hydrogens is 729 g/mol. The van der Waals surface area contributed by atoms with Crippen molar-refractivity contribution < 1.29 is 0 Å². The van der Waals surface area contributed by atoms with Gasteiger partial charge in [-0.05, 0) is 131 Å². The number of aromatic nitrogens is 4. The highest BCUT2D eigenvalue weighted by atomic mass is 15.0. The maximum absolute atomic E-state index is 5.41. The van der Waals surface area contributed by atoms with Gasteiger partial charge in [-0.3, -0.25) is 4.98 Å². The van der Waals surface area contributed by atoms with E-state index in [0.717, 1.165) is 60.6 Å². The number of hydrogen-bond acceptors (Lipinski definition) is 4. The minimum atomic E-state index is 0.583. The summed E-state index contributed by atoms with van der Waals surface area (Å²) in [5.41, 5.74) is 8.02. The van der Waals surface area contributed by atoms with Crippen molar-refractivity contribution in [3.63, 3.8) is 0 Å². The number of pyridine rings is 1. The van der Waals surface area contributed by atoms with Crippen molar-refractivity contribution in [2.75, 3.05) is 0 Å². The molecule has 10 aromatic carbocycles. The quantitative estimate of drug-likeness (QED) is 0.164. The van der Waals surface area contributed by atoms with E-state index < -0.39 is 0 Å². The molecule has 0 bridgehead atoms. The number of fused-ring (bicyclic) bond motifs is 6. The van der Waals surface area contributed by atoms with Gasteiger partial charge in [0.1, 0.15) is 0 Å². The molecular formula is C56H34N4. The Hall–Kier alpha value is -8.08. The van der Waals surface area contributed by atoms with Crippen molar-refractivity contribution >= 4 is 64.8 Å². The molecule has 0 aliphatic carbocycles. The molecule has 12 rings (SSSR count). The molecule has 60 heavy (non-hydrogen) atoms. The van der Waals surface area contributed by atoms with Crippen LogP contribution >= 0.6 is 0 Å². The summed E-state index contributed by atoms with van der Waals surface area (Å²) in [6.45, 7) is 0. The standard InChI is InChI=1S/C56H34N4/c1-2-13-35(14-3-1)54-58-55(60-56(59-54)52-49-23-9-8-19-40(49)29-43-22-12-26-57-53(43)52)46-31-44(47-24-10-20-41-27-36-15-4-6-17-38(36)33-50(41)47)30-45(32-46)48-25-11-21-42-28-37-16-5-7-18-39(37)34-51(42)48/h1-34H. The van der Waals surface area contributed by atoms with Gasteiger partial charge in [0.15, 0.2) is 17.5 Å². The van der Waals surface area contributed by atoms with Gasteiger partial charge in [-0.2, -0.15) is 0 Å². The second-order valence-electron chi connectivity index (χ2n) is 15.5. The predicted octanol–water partition coefficient (Wildman–Crippen LogP) is 14.5. The lowest BCUT2D eigenvalue weighted by Gasteiger charge is -2.16. The van der Waals surface area contributed by atoms with Crippen LogP contribution in [0, 0.1) is 0 Å². The van der Waals surface area contributed by atoms with Gasteiger partial charge in [0.25, 0.3) is 0 Å². The summed E-state index contributed by atoms with van der Waals surface area (Å²) in [6, 6.07) is 71.3. The SMILES string of the molecule is c1ccc(-c2nc(-c3cc(-c4cccc5cc6ccccc6cc45)cc(-c4cccc5cc6ccccc6cc45)c3)nc(-c3c4ccccc4cc4cccnc34)n2)cc1. The molecule has 0 unspecified atom stereocenters. The molecule has 0 amide bonds. The van der Waals surface area contributed by atoms with Crippen molar-refractivity contribution in [1.29, 1.82) is 0 Å². The third-order valence-corrected chi connectivity index (χ3v) is 11.8. The van der Waals surface area contributed by atoms with Gasteiger partial charge in [-0.15, -0.1) is 0 Å². The second-order valence-corrected chi connectivity index (χ2v) is 15.5. The highest BCUT2D eigenvalue weighted by molar-refractivity contribution is 6.11. The summed E-state index contributed by atoms with van der Waals surface area (Å²) in [4.78, 5) is 20.9. The molecule has 0 N–H and O–H groups in total. The Morgan fingerprint density at radius 1 is 0.267 bits per heavy atom. The fourth-order valence-electron chi connectivity index (χ4n) is 8.95. The first-order valence-corrected chi connectivity index (χ1v) is 20.3. The average molecular weight is 763 g/mol. The Bertz CT molecular complexity index is 3480. The topological polar surface area (TPSA) is 51.6 Å². The van der Waals surface area contributed by atoms with Crippen molar-refractivity contribution in [2.45, 2.75) is 0 Å². The molecule has 0 atom stereocenters. The van der Waals surface area contributed by atoms with E-state index in [1.54, 1.807) is 0 Å². The van der Waals surface area contributed by atoms with E-state index in [0.29, 0.717) is 17.5 Å². The number of nitrogens with zero attached hydrogens (tertiary/aromatic N) is 4. The highest BCUT2D eigenvalue weighted by Gasteiger charge is 2.20. The largest absolute Gasteiger partial charge is 0.255 e. The third kappa shape index (κ3) is 5.77. The third-order valence-electron chi connectivity index (χ3n) is 11.8. The van der Waals surface area contributed by atoms with Gasteiger partial charge < -0.3 is 0 Å². The smallest absolute Gasteiger partial charge is 0.166 e. The zero-order chi connectivity index (χ0) is 39.6. The second kappa shape index (κ2) is 13.8. The lowest BCUT2D eigenvalue weighted by molar-refractivity contribution is 1.08. The number of rotatable bonds is 5. The van der Waals surface area contributed by atoms with Crippen LogP contribution in [0.1, 0.15) is 0 Å². The molecule has 0 aliphatic rings. The van der Waals surface area contributed by atoms with E-state index in [4.69, 9.17) is 19.9 Å². The molecule has 4 nitrogen and oxygen atoms in total. The van der Waals surface area contributed by atoms with Crippen LogP contribution in [0.4, 0.5) is 0 Å². The molecule has 4 heteroatoms. The Morgan fingerprint density at radius 2 is 0.717 bits per heavy atom. The summed E-state index contributed by atoms with van der Waals surface area (Å²) in [6.07, 6.45) is 1.84. The van der Waals surface area contributed by atoms with Crippen LogP contribution in [0.5, 0.6) is 0 Å². The van der Waals surface area contributed by atoms with Gasteiger partial charge in [-0.1, -0.05) is 146 Å². The van der Waals surface area contributed by atoms with Gasteiger partial charge in [-0.25, -0.2) is 15.0 Å². The van der Waals surface area contributed by atoms with Crippen molar-refractivity contribution in [1.82, 2.24) is 19.9 Å². The van der Waals surface area contributed by atoms with Crippen LogP contribution in [-0.4, -0.2) is 19.9 Å². The first kappa shape index (κ1) is 34.0. The van der Waals surface area contributed by atoms with E-state index >= 15 is 0 Å². The van der Waals surface area contributed by atoms with Crippen LogP contribution in [0.15, 0.2) is 206 Å². The Kier molecular flexibility index (Phi) is 7.82. The molecule has 0 aliphatic heterocycles. The van der Waals surface area contributed by atoms with Gasteiger partial charge in [0.2, 0.25) is 0 Å². The molecule has 0 saturated carbocycles. The van der Waals surface area contributed by atoms with E-state index in [2.05, 4.69) is 176 Å². The number of hydrogen-bond donors (Lipinski definition) is 0. The summed E-state index contributed by atoms with van der Waals surface area (Å²) in [7, 11) is 0. The van der Waals surface area contributed by atoms with Crippen LogP contribution < -0.4 is 0 Å². The van der Waals surface area contributed by atoms with Crippen molar-refractivity contribution in [3.8, 4) is 56.4 Å². The molecule has 0 radical (unpaired) electrons. The normalized spacial score (nSPS) is 11.7. The Labute approximate surface area is 346 Å². The molecule has 2 aromatic heterocycles. The Morgan fingerprint density at radius 3 is 1.35 bits per heavy atom. The molecule has 0 fully saturated rings. The van der Waals surface area contributed by atoms with Gasteiger partial charge in [0, 0.05) is 22.7 Å². The lowest BCUT2D eigenvalue weighted by Crippen LogP contribution is -2.02. The predicted molar refractivity (Wildman–Crippen MR) is 250 cm³/mol. The maximum atomic E-state index is 5.41. The molecule has 278 valence electrons. The van der Waals surface area contributed by atoms with Crippen LogP contribution in [0.3, 0.4) is 0 Å². The van der Waals surface area contributed by atoms with Crippen LogP contribution in [0.25, 0.3) is 121 Å². The summed E-state index contributed by atoms with van der Waals surface area (Å²) >= 11 is 0. The minimum Gasteiger partial charge on any atom is -0.255 e. The molecule has 0 saturated heterocycles. The fraction of sp³-hybridized carbons (Fsp3) is 0. The average Bonchev–Trinajstić information content (AvgIpc) is 3.31. The van der Waals surface area contributed by atoms with E-state index in [-0.39, 0.29) is 0 Å². The van der Waals surface area contributed by atoms with E-state index in [1.807, 2.05) is 30.5 Å². The zero-order valence-electron chi connectivity index (χ0n) is 32.4. The first-order chi connectivity index (χ1) is 29.7. The maximum Gasteiger partial charge on any atom is 0.166 e. The van der Waals surface area contributed by atoms with Crippen molar-refractivity contribution in [2.24, 2.45) is 0 Å². The summed E-state index contributed by atoms with van der Waals surface area (Å²) in [5, 5.41) is 12.8. The zero-order valence-corrected chi connectivity index (χ0v) is 32.4. The lowest BCUT2D eigenvalue weighted by atomic mass is 9.90. The molecule has 0 spiro atoms. The van der Waals surface area contributed by atoms with Gasteiger partial charge in [0.05, 0.1) is 11.1 Å². The number of benzene rings is 10. The van der Waals surface area contributed by atoms with E-state index in [1.165, 1.54) is 43.1 Å². The van der Waals surface area contributed by atoms with E-state index in [9.17, 15) is 0 Å². The minimum absolute atomic E-state index is 0.583. The molecule has 2 heterocycles. The van der Waals surface area contributed by atoms with Gasteiger partial charge >= 0.3 is 0 Å². The fourth-order valence-corrected chi connectivity index (χ4v) is 8.95. The summed E-state index contributed by atoms with van der Waals surface area (Å²) in [5.74, 6) is 1.78. The molecule has 12 aromatic rings. The Balaban J connectivity index is 1.16. The first-order valence-electron chi connectivity index (χ1n) is 20.3. The van der Waals surface area contributed by atoms with Crippen LogP contribution in [-0.2, 0) is 0 Å². The highest BCUT2D eigenvalue weighted by Crippen LogP contribution is 2.41. The van der Waals surface area contributed by atoms with Crippen molar-refractivity contribution in [3.05, 3.63) is 206 Å². The monoisotopic (exact) mass is 762 g/mol. The van der Waals surface area contributed by atoms with Crippen LogP contribution in [0.2, 0.25) is 0 Å².